The van der Waals surface area contributed by atoms with E-state index < -0.39 is 5.41 Å². The minimum Gasteiger partial charge on any atom is -0.310 e. The molecule has 0 atom stereocenters. The lowest BCUT2D eigenvalue weighted by Crippen LogP contribution is -2.31. The summed E-state index contributed by atoms with van der Waals surface area (Å²) in [6.45, 7) is 0. The van der Waals surface area contributed by atoms with Gasteiger partial charge < -0.3 is 9.47 Å². The van der Waals surface area contributed by atoms with Gasteiger partial charge in [-0.15, -0.1) is 0 Å². The summed E-state index contributed by atoms with van der Waals surface area (Å²) < 4.78 is 2.37. The third kappa shape index (κ3) is 6.00. The van der Waals surface area contributed by atoms with Crippen molar-refractivity contribution >= 4 is 38.9 Å². The van der Waals surface area contributed by atoms with Crippen molar-refractivity contribution in [3.63, 3.8) is 0 Å². The van der Waals surface area contributed by atoms with E-state index in [2.05, 4.69) is 252 Å². The van der Waals surface area contributed by atoms with Crippen molar-refractivity contribution in [3.05, 3.63) is 265 Å². The molecular formula is C55H40N2. The molecule has 0 aliphatic carbocycles. The SMILES string of the molecule is c1ccc(-c2cccc(N(c3ccc(-n4c5ccccc5c5ccccc54)cc3)c3ccc(C(c4ccccc4)(c4ccccc4)c4ccccc4)cc3)c2)cc1. The molecule has 270 valence electrons. The number of nitrogens with zero attached hydrogens (tertiary/aromatic N) is 2. The average Bonchev–Trinajstić information content (AvgIpc) is 3.63. The standard InChI is InChI=1S/C55H40N2/c1-5-18-41(19-6-1)42-20-17-27-50(40-42)56(48-36-38-49(39-37-48)57-53-30-15-13-28-51(53)52-29-14-16-31-54(52)57)47-34-32-46(33-35-47)55(43-21-7-2-8-22-43,44-23-9-3-10-24-44)45-25-11-4-12-26-45/h1-40H. The quantitative estimate of drug-likeness (QED) is 0.134. The topological polar surface area (TPSA) is 8.17 Å². The molecule has 0 saturated carbocycles. The third-order valence-corrected chi connectivity index (χ3v) is 11.3. The summed E-state index contributed by atoms with van der Waals surface area (Å²) in [5.41, 5.74) is 13.5. The molecule has 9 aromatic carbocycles. The van der Waals surface area contributed by atoms with E-state index in [1.54, 1.807) is 0 Å². The van der Waals surface area contributed by atoms with Crippen molar-refractivity contribution in [2.75, 3.05) is 4.90 Å². The van der Waals surface area contributed by atoms with Crippen LogP contribution >= 0.6 is 0 Å². The van der Waals surface area contributed by atoms with Crippen molar-refractivity contribution in [3.8, 4) is 16.8 Å². The van der Waals surface area contributed by atoms with E-state index in [9.17, 15) is 0 Å². The molecule has 0 fully saturated rings. The molecule has 0 bridgehead atoms. The highest BCUT2D eigenvalue weighted by atomic mass is 15.1. The lowest BCUT2D eigenvalue weighted by atomic mass is 9.65. The molecule has 0 amide bonds. The number of benzene rings is 9. The predicted molar refractivity (Wildman–Crippen MR) is 239 cm³/mol. The van der Waals surface area contributed by atoms with Crippen LogP contribution in [-0.2, 0) is 5.41 Å². The fourth-order valence-corrected chi connectivity index (χ4v) is 8.78. The van der Waals surface area contributed by atoms with Crippen LogP contribution in [0.3, 0.4) is 0 Å². The minimum atomic E-state index is -0.523. The highest BCUT2D eigenvalue weighted by molar-refractivity contribution is 6.09. The number of hydrogen-bond acceptors (Lipinski definition) is 1. The second-order valence-electron chi connectivity index (χ2n) is 14.5. The Hall–Kier alpha value is -7.42. The van der Waals surface area contributed by atoms with E-state index in [1.165, 1.54) is 55.2 Å². The van der Waals surface area contributed by atoms with Crippen LogP contribution in [0.2, 0.25) is 0 Å². The summed E-state index contributed by atoms with van der Waals surface area (Å²) in [6, 6.07) is 87.8. The van der Waals surface area contributed by atoms with Gasteiger partial charge in [-0.1, -0.05) is 182 Å². The van der Waals surface area contributed by atoms with Crippen molar-refractivity contribution in [2.45, 2.75) is 5.41 Å². The maximum Gasteiger partial charge on any atom is 0.0701 e. The number of anilines is 3. The Morgan fingerprint density at radius 1 is 0.298 bits per heavy atom. The van der Waals surface area contributed by atoms with Gasteiger partial charge in [0.1, 0.15) is 0 Å². The lowest BCUT2D eigenvalue weighted by Gasteiger charge is -2.37. The van der Waals surface area contributed by atoms with Gasteiger partial charge >= 0.3 is 0 Å². The first-order chi connectivity index (χ1) is 28.3. The highest BCUT2D eigenvalue weighted by Gasteiger charge is 2.38. The van der Waals surface area contributed by atoms with Crippen LogP contribution in [0.4, 0.5) is 17.1 Å². The molecule has 57 heavy (non-hydrogen) atoms. The summed E-state index contributed by atoms with van der Waals surface area (Å²) in [7, 11) is 0. The van der Waals surface area contributed by atoms with E-state index in [4.69, 9.17) is 0 Å². The summed E-state index contributed by atoms with van der Waals surface area (Å²) in [4.78, 5) is 2.38. The van der Waals surface area contributed by atoms with Crippen LogP contribution in [0.25, 0.3) is 38.6 Å². The predicted octanol–water partition coefficient (Wildman–Crippen LogP) is 14.3. The van der Waals surface area contributed by atoms with Crippen LogP contribution in [-0.4, -0.2) is 4.57 Å². The van der Waals surface area contributed by atoms with E-state index in [-0.39, 0.29) is 0 Å². The van der Waals surface area contributed by atoms with Gasteiger partial charge in [0.2, 0.25) is 0 Å². The first-order valence-electron chi connectivity index (χ1n) is 19.6. The zero-order chi connectivity index (χ0) is 38.0. The van der Waals surface area contributed by atoms with Gasteiger partial charge in [-0.3, -0.25) is 0 Å². The largest absolute Gasteiger partial charge is 0.310 e. The van der Waals surface area contributed by atoms with Crippen LogP contribution in [0.5, 0.6) is 0 Å². The second-order valence-corrected chi connectivity index (χ2v) is 14.5. The van der Waals surface area contributed by atoms with Crippen molar-refractivity contribution in [2.24, 2.45) is 0 Å². The Morgan fingerprint density at radius 2 is 0.702 bits per heavy atom. The van der Waals surface area contributed by atoms with E-state index in [1.807, 2.05) is 0 Å². The zero-order valence-electron chi connectivity index (χ0n) is 31.5. The van der Waals surface area contributed by atoms with Gasteiger partial charge in [0.15, 0.2) is 0 Å². The summed E-state index contributed by atoms with van der Waals surface area (Å²) >= 11 is 0. The Morgan fingerprint density at radius 3 is 1.21 bits per heavy atom. The summed E-state index contributed by atoms with van der Waals surface area (Å²) in [5.74, 6) is 0. The molecule has 2 heteroatoms. The number of rotatable bonds is 9. The van der Waals surface area contributed by atoms with Crippen LogP contribution in [0.15, 0.2) is 243 Å². The molecule has 1 aromatic heterocycles. The molecule has 0 aliphatic heterocycles. The van der Waals surface area contributed by atoms with Gasteiger partial charge in [0.05, 0.1) is 16.4 Å². The average molecular weight is 729 g/mol. The van der Waals surface area contributed by atoms with Crippen LogP contribution < -0.4 is 4.90 Å². The van der Waals surface area contributed by atoms with E-state index in [0.717, 1.165) is 22.7 Å². The maximum absolute atomic E-state index is 2.38. The zero-order valence-corrected chi connectivity index (χ0v) is 31.5. The number of fused-ring (bicyclic) bond motifs is 3. The van der Waals surface area contributed by atoms with E-state index in [0.29, 0.717) is 0 Å². The first kappa shape index (κ1) is 34.1. The fraction of sp³-hybridized carbons (Fsp3) is 0.0182. The van der Waals surface area contributed by atoms with Crippen molar-refractivity contribution < 1.29 is 0 Å². The Kier molecular flexibility index (Phi) is 8.78. The fourth-order valence-electron chi connectivity index (χ4n) is 8.78. The molecule has 0 saturated heterocycles. The van der Waals surface area contributed by atoms with Gasteiger partial charge in [-0.2, -0.15) is 0 Å². The van der Waals surface area contributed by atoms with Crippen LogP contribution in [0.1, 0.15) is 22.3 Å². The Bertz CT molecular complexity index is 2770. The van der Waals surface area contributed by atoms with Gasteiger partial charge in [0.25, 0.3) is 0 Å². The van der Waals surface area contributed by atoms with Gasteiger partial charge in [-0.25, -0.2) is 0 Å². The Labute approximate surface area is 334 Å². The smallest absolute Gasteiger partial charge is 0.0701 e. The first-order valence-corrected chi connectivity index (χ1v) is 19.6. The van der Waals surface area contributed by atoms with E-state index >= 15 is 0 Å². The summed E-state index contributed by atoms with van der Waals surface area (Å²) in [6.07, 6.45) is 0. The van der Waals surface area contributed by atoms with Gasteiger partial charge in [0, 0.05) is 33.5 Å². The normalized spacial score (nSPS) is 11.5. The maximum atomic E-state index is 2.38. The molecule has 1 heterocycles. The molecule has 10 rings (SSSR count). The summed E-state index contributed by atoms with van der Waals surface area (Å²) in [5, 5.41) is 2.52. The number of para-hydroxylation sites is 2. The monoisotopic (exact) mass is 728 g/mol. The molecule has 0 unspecified atom stereocenters. The number of aromatic nitrogens is 1. The molecular weight excluding hydrogens is 689 g/mol. The lowest BCUT2D eigenvalue weighted by molar-refractivity contribution is 0.745. The third-order valence-electron chi connectivity index (χ3n) is 11.3. The number of hydrogen-bond donors (Lipinski definition) is 0. The highest BCUT2D eigenvalue weighted by Crippen LogP contribution is 2.46. The van der Waals surface area contributed by atoms with Crippen molar-refractivity contribution in [1.29, 1.82) is 0 Å². The molecule has 0 radical (unpaired) electrons. The van der Waals surface area contributed by atoms with Crippen LogP contribution in [0, 0.1) is 0 Å². The molecule has 0 N–H and O–H groups in total. The molecule has 0 spiro atoms. The molecule has 10 aromatic rings. The second kappa shape index (κ2) is 14.7. The van der Waals surface area contributed by atoms with Crippen molar-refractivity contribution in [1.82, 2.24) is 4.57 Å². The molecule has 0 aliphatic rings. The minimum absolute atomic E-state index is 0.523. The molecule has 2 nitrogen and oxygen atoms in total. The van der Waals surface area contributed by atoms with Gasteiger partial charge in [-0.05, 0) is 94.0 Å². The Balaban J connectivity index is 1.14.